The van der Waals surface area contributed by atoms with Crippen molar-refractivity contribution in [1.82, 2.24) is 5.32 Å². The maximum absolute atomic E-state index is 12.3. The Balaban J connectivity index is 1.85. The van der Waals surface area contributed by atoms with Crippen molar-refractivity contribution >= 4 is 29.7 Å². The fourth-order valence-electron chi connectivity index (χ4n) is 2.74. The van der Waals surface area contributed by atoms with Crippen molar-refractivity contribution in [3.63, 3.8) is 0 Å². The van der Waals surface area contributed by atoms with E-state index in [0.29, 0.717) is 5.56 Å². The van der Waals surface area contributed by atoms with Gasteiger partial charge in [0.25, 0.3) is 5.91 Å². The van der Waals surface area contributed by atoms with Gasteiger partial charge in [-0.25, -0.2) is 0 Å². The molecule has 0 saturated heterocycles. The third-order valence-electron chi connectivity index (χ3n) is 4.17. The lowest BCUT2D eigenvalue weighted by Gasteiger charge is -2.17. The molecule has 1 aliphatic rings. The van der Waals surface area contributed by atoms with E-state index in [4.69, 9.17) is 5.73 Å². The second-order valence-electron chi connectivity index (χ2n) is 5.59. The first-order valence-corrected chi connectivity index (χ1v) is 6.91. The van der Waals surface area contributed by atoms with Gasteiger partial charge in [-0.2, -0.15) is 0 Å². The van der Waals surface area contributed by atoms with Crippen LogP contribution in [-0.2, 0) is 4.79 Å². The molecule has 2 aromatic rings. The standard InChI is InChI=1S/C15H15BN2O4/c17-13(19)12-8-15(12,16(21)22)18-14(20)11-6-5-9-3-1-2-4-10(9)7-11/h1-7,12,21-22H,8H2,(H2,17,19)(H,18,20). The number of nitrogens with one attached hydrogen (secondary N) is 1. The summed E-state index contributed by atoms with van der Waals surface area (Å²) in [6.45, 7) is 0. The minimum Gasteiger partial charge on any atom is -0.426 e. The molecule has 1 saturated carbocycles. The Morgan fingerprint density at radius 3 is 2.45 bits per heavy atom. The summed E-state index contributed by atoms with van der Waals surface area (Å²) < 4.78 is 0. The van der Waals surface area contributed by atoms with E-state index < -0.39 is 30.3 Å². The summed E-state index contributed by atoms with van der Waals surface area (Å²) in [4.78, 5) is 23.6. The van der Waals surface area contributed by atoms with Crippen molar-refractivity contribution in [2.24, 2.45) is 11.7 Å². The van der Waals surface area contributed by atoms with Crippen molar-refractivity contribution in [2.75, 3.05) is 0 Å². The maximum atomic E-state index is 12.3. The normalized spacial score (nSPS) is 23.1. The highest BCUT2D eigenvalue weighted by atomic mass is 16.4. The van der Waals surface area contributed by atoms with E-state index in [1.807, 2.05) is 30.3 Å². The number of benzene rings is 2. The zero-order valence-corrected chi connectivity index (χ0v) is 11.7. The van der Waals surface area contributed by atoms with Crippen LogP contribution in [0.25, 0.3) is 10.8 Å². The molecule has 0 aliphatic heterocycles. The Morgan fingerprint density at radius 1 is 1.18 bits per heavy atom. The third-order valence-corrected chi connectivity index (χ3v) is 4.17. The smallest absolute Gasteiger partial charge is 0.426 e. The van der Waals surface area contributed by atoms with Crippen LogP contribution in [0.2, 0.25) is 0 Å². The topological polar surface area (TPSA) is 113 Å². The van der Waals surface area contributed by atoms with Crippen LogP contribution in [0.3, 0.4) is 0 Å². The Labute approximate surface area is 127 Å². The van der Waals surface area contributed by atoms with Gasteiger partial charge in [-0.1, -0.05) is 30.3 Å². The van der Waals surface area contributed by atoms with E-state index in [2.05, 4.69) is 5.32 Å². The van der Waals surface area contributed by atoms with Crippen molar-refractivity contribution in [3.05, 3.63) is 48.0 Å². The molecule has 2 aromatic carbocycles. The number of hydrogen-bond acceptors (Lipinski definition) is 4. The van der Waals surface area contributed by atoms with Crippen LogP contribution in [0.1, 0.15) is 16.8 Å². The first-order chi connectivity index (χ1) is 10.4. The van der Waals surface area contributed by atoms with Gasteiger partial charge in [-0.3, -0.25) is 9.59 Å². The fourth-order valence-corrected chi connectivity index (χ4v) is 2.74. The van der Waals surface area contributed by atoms with Gasteiger partial charge in [-0.15, -0.1) is 0 Å². The average Bonchev–Trinajstić information content (AvgIpc) is 3.23. The summed E-state index contributed by atoms with van der Waals surface area (Å²) in [5.74, 6) is -1.90. The van der Waals surface area contributed by atoms with Crippen LogP contribution in [0.15, 0.2) is 42.5 Å². The van der Waals surface area contributed by atoms with Crippen molar-refractivity contribution < 1.29 is 19.6 Å². The monoisotopic (exact) mass is 298 g/mol. The summed E-state index contributed by atoms with van der Waals surface area (Å²) in [5.41, 5.74) is 4.19. The van der Waals surface area contributed by atoms with E-state index in [9.17, 15) is 19.6 Å². The maximum Gasteiger partial charge on any atom is 0.479 e. The highest BCUT2D eigenvalue weighted by Gasteiger charge is 2.65. The SMILES string of the molecule is NC(=O)C1CC1(NC(=O)c1ccc2ccccc2c1)B(O)O. The van der Waals surface area contributed by atoms with Gasteiger partial charge >= 0.3 is 7.12 Å². The van der Waals surface area contributed by atoms with E-state index in [0.717, 1.165) is 10.8 Å². The number of amides is 2. The van der Waals surface area contributed by atoms with Gasteiger partial charge in [-0.05, 0) is 29.3 Å². The molecule has 1 aliphatic carbocycles. The lowest BCUT2D eigenvalue weighted by Crippen LogP contribution is -2.52. The molecule has 3 rings (SSSR count). The van der Waals surface area contributed by atoms with E-state index >= 15 is 0 Å². The Morgan fingerprint density at radius 2 is 1.86 bits per heavy atom. The van der Waals surface area contributed by atoms with E-state index in [-0.39, 0.29) is 6.42 Å². The largest absolute Gasteiger partial charge is 0.479 e. The van der Waals surface area contributed by atoms with Crippen LogP contribution < -0.4 is 11.1 Å². The molecule has 0 heterocycles. The summed E-state index contributed by atoms with van der Waals surface area (Å²) in [6, 6.07) is 12.8. The number of carbonyl (C=O) groups excluding carboxylic acids is 2. The van der Waals surface area contributed by atoms with Crippen LogP contribution in [0.4, 0.5) is 0 Å². The third kappa shape index (κ3) is 2.34. The first kappa shape index (κ1) is 14.6. The van der Waals surface area contributed by atoms with Crippen molar-refractivity contribution in [1.29, 1.82) is 0 Å². The summed E-state index contributed by atoms with van der Waals surface area (Å²) in [6.07, 6.45) is 0.124. The van der Waals surface area contributed by atoms with Crippen LogP contribution in [0, 0.1) is 5.92 Å². The average molecular weight is 298 g/mol. The quantitative estimate of drug-likeness (QED) is 0.587. The zero-order chi connectivity index (χ0) is 15.9. The van der Waals surface area contributed by atoms with Crippen molar-refractivity contribution in [3.8, 4) is 0 Å². The molecule has 0 bridgehead atoms. The number of primary amides is 1. The van der Waals surface area contributed by atoms with Crippen LogP contribution >= 0.6 is 0 Å². The molecule has 2 unspecified atom stereocenters. The molecule has 5 N–H and O–H groups in total. The Hall–Kier alpha value is -2.38. The summed E-state index contributed by atoms with van der Waals surface area (Å²) >= 11 is 0. The molecular weight excluding hydrogens is 283 g/mol. The summed E-state index contributed by atoms with van der Waals surface area (Å²) in [7, 11) is -1.84. The number of fused-ring (bicyclic) bond motifs is 1. The Kier molecular flexibility index (Phi) is 3.39. The van der Waals surface area contributed by atoms with Crippen LogP contribution in [0.5, 0.6) is 0 Å². The van der Waals surface area contributed by atoms with E-state index in [1.165, 1.54) is 0 Å². The Bertz CT molecular complexity index is 764. The molecule has 0 spiro atoms. The second-order valence-corrected chi connectivity index (χ2v) is 5.59. The number of rotatable bonds is 4. The van der Waals surface area contributed by atoms with Gasteiger partial charge in [0.05, 0.1) is 11.4 Å². The minimum atomic E-state index is -1.84. The van der Waals surface area contributed by atoms with Gasteiger partial charge in [0, 0.05) is 5.56 Å². The molecule has 6 nitrogen and oxygen atoms in total. The van der Waals surface area contributed by atoms with Gasteiger partial charge < -0.3 is 21.1 Å². The van der Waals surface area contributed by atoms with Gasteiger partial charge in [0.15, 0.2) is 0 Å². The van der Waals surface area contributed by atoms with Gasteiger partial charge in [0.1, 0.15) is 0 Å². The predicted molar refractivity (Wildman–Crippen MR) is 81.6 cm³/mol. The molecule has 1 fully saturated rings. The molecule has 2 atom stereocenters. The zero-order valence-electron chi connectivity index (χ0n) is 11.7. The molecule has 112 valence electrons. The minimum absolute atomic E-state index is 0.124. The summed E-state index contributed by atoms with van der Waals surface area (Å²) in [5, 5.41) is 23.4. The fraction of sp³-hybridized carbons (Fsp3) is 0.200. The highest BCUT2D eigenvalue weighted by molar-refractivity contribution is 6.49. The molecule has 22 heavy (non-hydrogen) atoms. The number of nitrogens with two attached hydrogens (primary N) is 1. The molecular formula is C15H15BN2O4. The molecule has 7 heteroatoms. The van der Waals surface area contributed by atoms with Crippen LogP contribution in [-0.4, -0.2) is 34.4 Å². The predicted octanol–water partition coefficient (Wildman–Crippen LogP) is -0.174. The molecule has 2 amide bonds. The van der Waals surface area contributed by atoms with E-state index in [1.54, 1.807) is 12.1 Å². The van der Waals surface area contributed by atoms with Gasteiger partial charge in [0.2, 0.25) is 5.91 Å². The molecule has 0 radical (unpaired) electrons. The first-order valence-electron chi connectivity index (χ1n) is 6.91. The number of carbonyl (C=O) groups is 2. The number of hydrogen-bond donors (Lipinski definition) is 4. The highest BCUT2D eigenvalue weighted by Crippen LogP contribution is 2.44. The molecule has 0 aromatic heterocycles. The lowest BCUT2D eigenvalue weighted by molar-refractivity contribution is -0.119. The second kappa shape index (κ2) is 5.12. The lowest BCUT2D eigenvalue weighted by atomic mass is 9.74. The van der Waals surface area contributed by atoms with Crippen molar-refractivity contribution in [2.45, 2.75) is 11.9 Å².